The molecule has 3 heterocycles. The number of hydrogen-bond donors (Lipinski definition) is 0. The third-order valence-electron chi connectivity index (χ3n) is 5.43. The minimum Gasteiger partial charge on any atom is -0.489 e. The molecule has 0 saturated heterocycles. The molecule has 0 unspecified atom stereocenters. The number of ether oxygens (including phenoxy) is 1. The van der Waals surface area contributed by atoms with Crippen molar-refractivity contribution in [2.45, 2.75) is 25.4 Å². The van der Waals surface area contributed by atoms with E-state index < -0.39 is 0 Å². The van der Waals surface area contributed by atoms with E-state index in [1.165, 1.54) is 0 Å². The largest absolute Gasteiger partial charge is 0.489 e. The molecule has 1 aliphatic rings. The zero-order valence-electron chi connectivity index (χ0n) is 17.7. The second-order valence-corrected chi connectivity index (χ2v) is 7.91. The molecule has 0 bridgehead atoms. The average molecular weight is 436 g/mol. The van der Waals surface area contributed by atoms with Crippen LogP contribution in [0, 0.1) is 0 Å². The molecule has 8 nitrogen and oxygen atoms in total. The smallest absolute Gasteiger partial charge is 0.297 e. The number of benzene rings is 2. The van der Waals surface area contributed by atoms with E-state index in [0.29, 0.717) is 30.1 Å². The molecule has 6 rings (SSSR count). The first kappa shape index (κ1) is 19.4. The van der Waals surface area contributed by atoms with Gasteiger partial charge in [0.1, 0.15) is 18.2 Å². The van der Waals surface area contributed by atoms with Gasteiger partial charge in [-0.3, -0.25) is 4.98 Å². The van der Waals surface area contributed by atoms with Crippen molar-refractivity contribution in [3.05, 3.63) is 90.5 Å². The van der Waals surface area contributed by atoms with Crippen LogP contribution in [0.3, 0.4) is 0 Å². The number of aromatic nitrogens is 6. The highest BCUT2D eigenvalue weighted by atomic mass is 16.5. The molecule has 8 heteroatoms. The summed E-state index contributed by atoms with van der Waals surface area (Å²) < 4.78 is 13.2. The maximum atomic E-state index is 5.82. The number of pyridine rings is 1. The predicted molar refractivity (Wildman–Crippen MR) is 121 cm³/mol. The molecule has 33 heavy (non-hydrogen) atoms. The molecule has 0 atom stereocenters. The SMILES string of the molecule is c1ccc(-n2nc(-c3nc(-c4ccc(OCc5cccnc5)cc4)no3)nc2C2CC2)cc1. The second kappa shape index (κ2) is 8.31. The first-order valence-electron chi connectivity index (χ1n) is 10.8. The highest BCUT2D eigenvalue weighted by molar-refractivity contribution is 5.58. The standard InChI is InChI=1S/C25H20N6O2/c1-2-6-20(7-3-1)31-24(19-8-9-19)27-23(29-31)25-28-22(30-33-25)18-10-12-21(13-11-18)32-16-17-5-4-14-26-15-17/h1-7,10-15,19H,8-9,16H2. The summed E-state index contributed by atoms with van der Waals surface area (Å²) in [6.45, 7) is 0.457. The zero-order chi connectivity index (χ0) is 22.0. The van der Waals surface area contributed by atoms with E-state index in [9.17, 15) is 0 Å². The quantitative estimate of drug-likeness (QED) is 0.361. The molecule has 2 aromatic carbocycles. The summed E-state index contributed by atoms with van der Waals surface area (Å²) in [5.74, 6) is 3.34. The Hall–Kier alpha value is -4.33. The van der Waals surface area contributed by atoms with Crippen molar-refractivity contribution in [3.8, 4) is 34.5 Å². The van der Waals surface area contributed by atoms with Gasteiger partial charge in [-0.2, -0.15) is 4.98 Å². The topological polar surface area (TPSA) is 91.8 Å². The second-order valence-electron chi connectivity index (χ2n) is 7.91. The van der Waals surface area contributed by atoms with Gasteiger partial charge in [-0.1, -0.05) is 29.4 Å². The minimum atomic E-state index is 0.304. The highest BCUT2D eigenvalue weighted by Gasteiger charge is 2.31. The Morgan fingerprint density at radius 1 is 0.909 bits per heavy atom. The zero-order valence-corrected chi connectivity index (χ0v) is 17.7. The number of rotatable bonds is 7. The van der Waals surface area contributed by atoms with Crippen LogP contribution in [-0.4, -0.2) is 29.9 Å². The molecule has 0 amide bonds. The predicted octanol–water partition coefficient (Wildman–Crippen LogP) is 4.84. The van der Waals surface area contributed by atoms with Gasteiger partial charge in [0.2, 0.25) is 11.6 Å². The Bertz CT molecular complexity index is 1360. The van der Waals surface area contributed by atoms with Gasteiger partial charge in [-0.05, 0) is 55.3 Å². The summed E-state index contributed by atoms with van der Waals surface area (Å²) in [6.07, 6.45) is 5.77. The van der Waals surface area contributed by atoms with Crippen molar-refractivity contribution in [2.24, 2.45) is 0 Å². The molecule has 162 valence electrons. The van der Waals surface area contributed by atoms with E-state index in [0.717, 1.165) is 41.2 Å². The van der Waals surface area contributed by atoms with Gasteiger partial charge in [0, 0.05) is 29.4 Å². The Morgan fingerprint density at radius 3 is 2.52 bits per heavy atom. The normalized spacial score (nSPS) is 13.2. The Balaban J connectivity index is 1.21. The molecule has 1 fully saturated rings. The fourth-order valence-electron chi connectivity index (χ4n) is 3.56. The lowest BCUT2D eigenvalue weighted by Gasteiger charge is -2.06. The van der Waals surface area contributed by atoms with Crippen LogP contribution in [0.25, 0.3) is 28.8 Å². The molecule has 1 aliphatic carbocycles. The molecule has 0 N–H and O–H groups in total. The van der Waals surface area contributed by atoms with Crippen LogP contribution >= 0.6 is 0 Å². The summed E-state index contributed by atoms with van der Waals surface area (Å²) in [6, 6.07) is 21.4. The maximum Gasteiger partial charge on any atom is 0.297 e. The van der Waals surface area contributed by atoms with Gasteiger partial charge in [0.05, 0.1) is 5.69 Å². The van der Waals surface area contributed by atoms with E-state index >= 15 is 0 Å². The fourth-order valence-corrected chi connectivity index (χ4v) is 3.56. The van der Waals surface area contributed by atoms with Crippen molar-refractivity contribution in [2.75, 3.05) is 0 Å². The van der Waals surface area contributed by atoms with Crippen molar-refractivity contribution in [1.29, 1.82) is 0 Å². The van der Waals surface area contributed by atoms with Crippen molar-refractivity contribution in [3.63, 3.8) is 0 Å². The number of hydrogen-bond acceptors (Lipinski definition) is 7. The molecule has 0 spiro atoms. The van der Waals surface area contributed by atoms with E-state index in [2.05, 4.69) is 20.2 Å². The first-order chi connectivity index (χ1) is 16.3. The van der Waals surface area contributed by atoms with Crippen LogP contribution in [-0.2, 0) is 6.61 Å². The minimum absolute atomic E-state index is 0.304. The van der Waals surface area contributed by atoms with Crippen LogP contribution in [0.1, 0.15) is 30.1 Å². The summed E-state index contributed by atoms with van der Waals surface area (Å²) in [5, 5.41) is 8.80. The van der Waals surface area contributed by atoms with Crippen molar-refractivity contribution in [1.82, 2.24) is 29.9 Å². The Kier molecular flexibility index (Phi) is 4.88. The molecule has 5 aromatic rings. The van der Waals surface area contributed by atoms with Gasteiger partial charge in [-0.15, -0.1) is 5.10 Å². The van der Waals surface area contributed by atoms with Gasteiger partial charge >= 0.3 is 0 Å². The van der Waals surface area contributed by atoms with E-state index in [1.54, 1.807) is 12.4 Å². The lowest BCUT2D eigenvalue weighted by atomic mass is 10.2. The Morgan fingerprint density at radius 2 is 1.76 bits per heavy atom. The monoisotopic (exact) mass is 436 g/mol. The van der Waals surface area contributed by atoms with Crippen molar-refractivity contribution < 1.29 is 9.26 Å². The van der Waals surface area contributed by atoms with Gasteiger partial charge in [0.25, 0.3) is 5.89 Å². The number of nitrogens with zero attached hydrogens (tertiary/aromatic N) is 6. The maximum absolute atomic E-state index is 5.82. The van der Waals surface area contributed by atoms with Crippen LogP contribution in [0.15, 0.2) is 83.6 Å². The molecular formula is C25H20N6O2. The van der Waals surface area contributed by atoms with Crippen LogP contribution in [0.5, 0.6) is 5.75 Å². The van der Waals surface area contributed by atoms with E-state index in [1.807, 2.05) is 71.4 Å². The van der Waals surface area contributed by atoms with Crippen molar-refractivity contribution >= 4 is 0 Å². The van der Waals surface area contributed by atoms with Crippen LogP contribution < -0.4 is 4.74 Å². The highest BCUT2D eigenvalue weighted by Crippen LogP contribution is 2.40. The molecule has 1 saturated carbocycles. The van der Waals surface area contributed by atoms with E-state index in [-0.39, 0.29) is 0 Å². The molecular weight excluding hydrogens is 416 g/mol. The molecule has 3 aromatic heterocycles. The third kappa shape index (κ3) is 4.10. The molecule has 0 aliphatic heterocycles. The third-order valence-corrected chi connectivity index (χ3v) is 5.43. The summed E-state index contributed by atoms with van der Waals surface area (Å²) >= 11 is 0. The van der Waals surface area contributed by atoms with Gasteiger partial charge in [-0.25, -0.2) is 9.67 Å². The van der Waals surface area contributed by atoms with E-state index in [4.69, 9.17) is 14.2 Å². The summed E-state index contributed by atoms with van der Waals surface area (Å²) in [4.78, 5) is 13.4. The fraction of sp³-hybridized carbons (Fsp3) is 0.160. The average Bonchev–Trinajstić information content (AvgIpc) is 3.43. The number of para-hydroxylation sites is 1. The lowest BCUT2D eigenvalue weighted by Crippen LogP contribution is -2.01. The first-order valence-corrected chi connectivity index (χ1v) is 10.8. The van der Waals surface area contributed by atoms with Gasteiger partial charge in [0.15, 0.2) is 0 Å². The Labute approximate surface area is 189 Å². The summed E-state index contributed by atoms with van der Waals surface area (Å²) in [7, 11) is 0. The van der Waals surface area contributed by atoms with Gasteiger partial charge < -0.3 is 9.26 Å². The molecule has 0 radical (unpaired) electrons. The van der Waals surface area contributed by atoms with Crippen LogP contribution in [0.2, 0.25) is 0 Å². The van der Waals surface area contributed by atoms with Crippen LogP contribution in [0.4, 0.5) is 0 Å². The summed E-state index contributed by atoms with van der Waals surface area (Å²) in [5.41, 5.74) is 2.81. The lowest BCUT2D eigenvalue weighted by molar-refractivity contribution is 0.306.